The topological polar surface area (TPSA) is 120 Å². The van der Waals surface area contributed by atoms with Crippen molar-refractivity contribution < 1.29 is 24.5 Å². The highest BCUT2D eigenvalue weighted by Crippen LogP contribution is 2.20. The second-order valence-electron chi connectivity index (χ2n) is 6.20. The molecule has 0 saturated heterocycles. The second-order valence-corrected chi connectivity index (χ2v) is 6.20. The van der Waals surface area contributed by atoms with E-state index in [9.17, 15) is 19.8 Å². The molecule has 0 bridgehead atoms. The van der Waals surface area contributed by atoms with Crippen molar-refractivity contribution in [3.63, 3.8) is 0 Å². The maximum atomic E-state index is 12.3. The summed E-state index contributed by atoms with van der Waals surface area (Å²) in [4.78, 5) is 24.4. The molecular weight excluding hydrogens is 386 g/mol. The Bertz CT molecular complexity index is 1080. The van der Waals surface area contributed by atoms with Crippen molar-refractivity contribution in [1.29, 1.82) is 0 Å². The number of phenols is 2. The highest BCUT2D eigenvalue weighted by Gasteiger charge is 2.08. The highest BCUT2D eigenvalue weighted by molar-refractivity contribution is 6.04. The molecule has 2 amide bonds. The highest BCUT2D eigenvalue weighted by atomic mass is 16.5. The molecule has 0 radical (unpaired) electrons. The average Bonchev–Trinajstić information content (AvgIpc) is 2.75. The van der Waals surface area contributed by atoms with Crippen molar-refractivity contribution in [2.24, 2.45) is 5.10 Å². The van der Waals surface area contributed by atoms with Crippen LogP contribution in [0.1, 0.15) is 26.3 Å². The number of rotatable bonds is 6. The fraction of sp³-hybridized carbons (Fsp3) is 0.0455. The lowest BCUT2D eigenvalue weighted by atomic mass is 10.1. The van der Waals surface area contributed by atoms with Gasteiger partial charge in [-0.05, 0) is 60.7 Å². The number of nitrogens with zero attached hydrogens (tertiary/aromatic N) is 1. The van der Waals surface area contributed by atoms with Gasteiger partial charge in [-0.15, -0.1) is 0 Å². The first kappa shape index (κ1) is 20.4. The van der Waals surface area contributed by atoms with Crippen LogP contribution in [0.2, 0.25) is 0 Å². The van der Waals surface area contributed by atoms with Crippen LogP contribution in [0.25, 0.3) is 0 Å². The summed E-state index contributed by atoms with van der Waals surface area (Å²) in [5, 5.41) is 25.5. The van der Waals surface area contributed by atoms with E-state index in [2.05, 4.69) is 15.8 Å². The van der Waals surface area contributed by atoms with Gasteiger partial charge in [0.25, 0.3) is 11.8 Å². The van der Waals surface area contributed by atoms with Gasteiger partial charge >= 0.3 is 0 Å². The van der Waals surface area contributed by atoms with Gasteiger partial charge in [0.2, 0.25) is 0 Å². The van der Waals surface area contributed by atoms with Crippen LogP contribution in [0.3, 0.4) is 0 Å². The van der Waals surface area contributed by atoms with E-state index >= 15 is 0 Å². The number of carbonyl (C=O) groups excluding carboxylic acids is 2. The van der Waals surface area contributed by atoms with E-state index in [0.717, 1.165) is 0 Å². The minimum Gasteiger partial charge on any atom is -0.508 e. The smallest absolute Gasteiger partial charge is 0.271 e. The van der Waals surface area contributed by atoms with E-state index in [4.69, 9.17) is 4.74 Å². The number of benzene rings is 3. The standard InChI is InChI=1S/C22H19N3O5/c1-30-19-10-5-14(6-11-19)21(28)24-17-7-2-15(3-8-17)22(29)25-23-13-16-4-9-18(26)12-20(16)27/h2-13,26-27H,1H3,(H,24,28)(H,25,29)/b23-13+. The van der Waals surface area contributed by atoms with Crippen molar-refractivity contribution in [2.45, 2.75) is 0 Å². The molecule has 0 spiro atoms. The third-order valence-corrected chi connectivity index (χ3v) is 4.14. The molecule has 4 N–H and O–H groups in total. The Labute approximate surface area is 172 Å². The molecule has 3 rings (SSSR count). The van der Waals surface area contributed by atoms with Gasteiger partial charge in [-0.25, -0.2) is 5.43 Å². The van der Waals surface area contributed by atoms with E-state index in [1.165, 1.54) is 24.4 Å². The Kier molecular flexibility index (Phi) is 6.29. The summed E-state index contributed by atoms with van der Waals surface area (Å²) in [6.45, 7) is 0. The Morgan fingerprint density at radius 1 is 0.900 bits per heavy atom. The van der Waals surface area contributed by atoms with Crippen LogP contribution < -0.4 is 15.5 Å². The van der Waals surface area contributed by atoms with E-state index in [1.807, 2.05) is 0 Å². The molecule has 0 saturated carbocycles. The lowest BCUT2D eigenvalue weighted by Crippen LogP contribution is -2.17. The molecule has 8 heteroatoms. The van der Waals surface area contributed by atoms with Gasteiger partial charge in [0.15, 0.2) is 0 Å². The summed E-state index contributed by atoms with van der Waals surface area (Å²) in [6, 6.07) is 17.0. The normalized spacial score (nSPS) is 10.6. The van der Waals surface area contributed by atoms with E-state index < -0.39 is 5.91 Å². The quantitative estimate of drug-likeness (QED) is 0.371. The number of phenolic OH excluding ortho intramolecular Hbond substituents is 2. The van der Waals surface area contributed by atoms with Gasteiger partial charge in [-0.1, -0.05) is 0 Å². The minimum atomic E-state index is -0.461. The number of aromatic hydroxyl groups is 2. The molecule has 0 aliphatic heterocycles. The van der Waals surface area contributed by atoms with Gasteiger partial charge in [-0.2, -0.15) is 5.10 Å². The molecule has 0 aliphatic rings. The Balaban J connectivity index is 1.58. The van der Waals surface area contributed by atoms with Crippen molar-refractivity contribution in [2.75, 3.05) is 12.4 Å². The molecular formula is C22H19N3O5. The molecule has 0 aromatic heterocycles. The second kappa shape index (κ2) is 9.24. The third-order valence-electron chi connectivity index (χ3n) is 4.14. The molecule has 152 valence electrons. The summed E-state index contributed by atoms with van der Waals surface area (Å²) in [5.74, 6) is -0.325. The number of anilines is 1. The van der Waals surface area contributed by atoms with E-state index in [-0.39, 0.29) is 17.4 Å². The zero-order chi connectivity index (χ0) is 21.5. The van der Waals surface area contributed by atoms with Crippen LogP contribution in [-0.4, -0.2) is 35.4 Å². The van der Waals surface area contributed by atoms with Gasteiger partial charge in [0.1, 0.15) is 17.2 Å². The van der Waals surface area contributed by atoms with Crippen LogP contribution in [0.15, 0.2) is 71.8 Å². The molecule has 0 unspecified atom stereocenters. The summed E-state index contributed by atoms with van der Waals surface area (Å²) in [5.41, 5.74) is 4.03. The van der Waals surface area contributed by atoms with Crippen LogP contribution in [0.5, 0.6) is 17.2 Å². The Morgan fingerprint density at radius 2 is 1.53 bits per heavy atom. The minimum absolute atomic E-state index is 0.0761. The van der Waals surface area contributed by atoms with Crippen LogP contribution in [-0.2, 0) is 0 Å². The van der Waals surface area contributed by atoms with Crippen LogP contribution in [0, 0.1) is 0 Å². The van der Waals surface area contributed by atoms with E-state index in [1.54, 1.807) is 55.6 Å². The van der Waals surface area contributed by atoms with Crippen molar-refractivity contribution in [3.8, 4) is 17.2 Å². The molecule has 0 heterocycles. The summed E-state index contributed by atoms with van der Waals surface area (Å²) >= 11 is 0. The number of amides is 2. The fourth-order valence-electron chi connectivity index (χ4n) is 2.52. The fourth-order valence-corrected chi connectivity index (χ4v) is 2.52. The first-order valence-electron chi connectivity index (χ1n) is 8.87. The van der Waals surface area contributed by atoms with Crippen molar-refractivity contribution in [3.05, 3.63) is 83.4 Å². The summed E-state index contributed by atoms with van der Waals surface area (Å²) < 4.78 is 5.06. The monoisotopic (exact) mass is 405 g/mol. The lowest BCUT2D eigenvalue weighted by Gasteiger charge is -2.07. The van der Waals surface area contributed by atoms with Gasteiger partial charge in [-0.3, -0.25) is 9.59 Å². The number of ether oxygens (including phenoxy) is 1. The zero-order valence-electron chi connectivity index (χ0n) is 16.0. The predicted octanol–water partition coefficient (Wildman–Crippen LogP) is 3.12. The predicted molar refractivity (Wildman–Crippen MR) is 112 cm³/mol. The van der Waals surface area contributed by atoms with Crippen LogP contribution >= 0.6 is 0 Å². The summed E-state index contributed by atoms with van der Waals surface area (Å²) in [7, 11) is 1.55. The zero-order valence-corrected chi connectivity index (χ0v) is 16.0. The average molecular weight is 405 g/mol. The van der Waals surface area contributed by atoms with Crippen LogP contribution in [0.4, 0.5) is 5.69 Å². The lowest BCUT2D eigenvalue weighted by molar-refractivity contribution is 0.0954. The van der Waals surface area contributed by atoms with Crippen molar-refractivity contribution >= 4 is 23.7 Å². The Hall–Kier alpha value is -4.33. The number of hydrogen-bond acceptors (Lipinski definition) is 6. The molecule has 0 aliphatic carbocycles. The molecule has 0 fully saturated rings. The molecule has 0 atom stereocenters. The van der Waals surface area contributed by atoms with Gasteiger partial charge in [0.05, 0.1) is 13.3 Å². The number of carbonyl (C=O) groups is 2. The SMILES string of the molecule is COc1ccc(C(=O)Nc2ccc(C(=O)N/N=C/c3ccc(O)cc3O)cc2)cc1. The third kappa shape index (κ3) is 5.14. The van der Waals surface area contributed by atoms with Gasteiger partial charge < -0.3 is 20.3 Å². The first-order valence-corrected chi connectivity index (χ1v) is 8.87. The van der Waals surface area contributed by atoms with E-state index in [0.29, 0.717) is 28.1 Å². The maximum Gasteiger partial charge on any atom is 0.271 e. The molecule has 3 aromatic carbocycles. The van der Waals surface area contributed by atoms with Crippen molar-refractivity contribution in [1.82, 2.24) is 5.43 Å². The Morgan fingerprint density at radius 3 is 2.17 bits per heavy atom. The molecule has 3 aromatic rings. The molecule has 30 heavy (non-hydrogen) atoms. The first-order chi connectivity index (χ1) is 14.5. The van der Waals surface area contributed by atoms with Gasteiger partial charge in [0, 0.05) is 28.4 Å². The number of methoxy groups -OCH3 is 1. The number of nitrogens with one attached hydrogen (secondary N) is 2. The maximum absolute atomic E-state index is 12.3. The summed E-state index contributed by atoms with van der Waals surface area (Å²) in [6.07, 6.45) is 1.26. The molecule has 8 nitrogen and oxygen atoms in total. The largest absolute Gasteiger partial charge is 0.508 e. The number of hydrazone groups is 1. The number of hydrogen-bond donors (Lipinski definition) is 4.